The van der Waals surface area contributed by atoms with Crippen LogP contribution < -0.4 is 24.7 Å². The van der Waals surface area contributed by atoms with E-state index in [2.05, 4.69) is 15.0 Å². The van der Waals surface area contributed by atoms with Crippen LogP contribution in [-0.4, -0.2) is 82.8 Å². The highest BCUT2D eigenvalue weighted by Gasteiger charge is 2.44. The summed E-state index contributed by atoms with van der Waals surface area (Å²) >= 11 is 0. The summed E-state index contributed by atoms with van der Waals surface area (Å²) < 4.78 is 43.4. The molecule has 3 N–H and O–H groups in total. The Balaban J connectivity index is 1.19. The van der Waals surface area contributed by atoms with Crippen molar-refractivity contribution in [1.82, 2.24) is 19.5 Å². The number of nitrogen functional groups attached to an aromatic ring is 1. The van der Waals surface area contributed by atoms with E-state index in [9.17, 15) is 9.59 Å². The van der Waals surface area contributed by atoms with Crippen LogP contribution in [-0.2, 0) is 29.4 Å². The number of nitrogens with two attached hydrogens (primary N) is 1. The molecule has 15 nitrogen and oxygen atoms in total. The Morgan fingerprint density at radius 2 is 1.36 bits per heavy atom. The molecule has 288 valence electrons. The standard InChI is InChI=1S/C41H39N5O10/c1-50-29-12-8-27(9-13-29)41(26-6-4-3-5-7-26,28-10-14-30(51-2)15-11-28)54-21-34-33(20-35(55-34)46-25-45-38-39(42)43-24-44-40(38)46)56-37(49)23-53-32-18-16-31(17-19-32)52-22-36(47)48/h3-19,24-25,33-35H,20-23H2,1-2H3,(H,47,48)(H2,42,43,44)/t33-,34+,35+/m0/s1. The van der Waals surface area contributed by atoms with Gasteiger partial charge in [0, 0.05) is 6.42 Å². The summed E-state index contributed by atoms with van der Waals surface area (Å²) in [5.74, 6) is 0.549. The summed E-state index contributed by atoms with van der Waals surface area (Å²) in [6.45, 7) is -0.916. The second-order valence-electron chi connectivity index (χ2n) is 12.7. The quantitative estimate of drug-likeness (QED) is 0.0970. The van der Waals surface area contributed by atoms with Crippen LogP contribution in [0.2, 0.25) is 0 Å². The minimum absolute atomic E-state index is 0.0240. The van der Waals surface area contributed by atoms with Crippen molar-refractivity contribution in [3.8, 4) is 23.0 Å². The molecule has 6 aromatic rings. The van der Waals surface area contributed by atoms with E-state index in [4.69, 9.17) is 44.0 Å². The van der Waals surface area contributed by atoms with Crippen molar-refractivity contribution in [3.05, 3.63) is 132 Å². The summed E-state index contributed by atoms with van der Waals surface area (Å²) in [7, 11) is 3.22. The molecule has 2 aromatic heterocycles. The number of carboxylic acid groups (broad SMARTS) is 1. The van der Waals surface area contributed by atoms with Crippen molar-refractivity contribution in [1.29, 1.82) is 0 Å². The molecule has 0 radical (unpaired) electrons. The highest BCUT2D eigenvalue weighted by molar-refractivity contribution is 5.81. The molecule has 0 saturated carbocycles. The molecule has 0 spiro atoms. The van der Waals surface area contributed by atoms with Crippen LogP contribution >= 0.6 is 0 Å². The zero-order valence-corrected chi connectivity index (χ0v) is 30.5. The molecule has 1 aliphatic heterocycles. The fourth-order valence-corrected chi connectivity index (χ4v) is 6.63. The number of fused-ring (bicyclic) bond motifs is 1. The Hall–Kier alpha value is -6.71. The van der Waals surface area contributed by atoms with Crippen LogP contribution in [0.4, 0.5) is 5.82 Å². The lowest BCUT2D eigenvalue weighted by atomic mass is 9.80. The molecular formula is C41H39N5O10. The van der Waals surface area contributed by atoms with E-state index in [1.807, 2.05) is 78.9 Å². The first-order valence-electron chi connectivity index (χ1n) is 17.6. The molecule has 3 heterocycles. The first-order chi connectivity index (χ1) is 27.3. The number of methoxy groups -OCH3 is 2. The summed E-state index contributed by atoms with van der Waals surface area (Å²) in [6.07, 6.45) is 0.925. The van der Waals surface area contributed by atoms with Gasteiger partial charge in [0.25, 0.3) is 0 Å². The van der Waals surface area contributed by atoms with Gasteiger partial charge in [-0.25, -0.2) is 24.5 Å². The van der Waals surface area contributed by atoms with Gasteiger partial charge in [0.15, 0.2) is 24.7 Å². The molecule has 1 aliphatic rings. The lowest BCUT2D eigenvalue weighted by Crippen LogP contribution is -2.39. The Kier molecular flexibility index (Phi) is 11.2. The second-order valence-corrected chi connectivity index (χ2v) is 12.7. The molecule has 1 fully saturated rings. The molecule has 0 aliphatic carbocycles. The van der Waals surface area contributed by atoms with Crippen molar-refractivity contribution >= 4 is 28.9 Å². The average Bonchev–Trinajstić information content (AvgIpc) is 3.85. The van der Waals surface area contributed by atoms with E-state index >= 15 is 0 Å². The first kappa shape index (κ1) is 37.6. The highest BCUT2D eigenvalue weighted by Crippen LogP contribution is 2.43. The maximum absolute atomic E-state index is 13.4. The van der Waals surface area contributed by atoms with E-state index in [1.165, 1.54) is 6.33 Å². The molecule has 3 atom stereocenters. The average molecular weight is 762 g/mol. The van der Waals surface area contributed by atoms with E-state index in [1.54, 1.807) is 49.4 Å². The molecular weight excluding hydrogens is 722 g/mol. The molecule has 15 heteroatoms. The van der Waals surface area contributed by atoms with Gasteiger partial charge >= 0.3 is 11.9 Å². The van der Waals surface area contributed by atoms with Gasteiger partial charge in [-0.1, -0.05) is 54.6 Å². The molecule has 4 aromatic carbocycles. The largest absolute Gasteiger partial charge is 0.497 e. The normalized spacial score (nSPS) is 16.6. The number of anilines is 1. The third-order valence-corrected chi connectivity index (χ3v) is 9.34. The fraction of sp³-hybridized carbons (Fsp3) is 0.244. The van der Waals surface area contributed by atoms with E-state index in [-0.39, 0.29) is 18.8 Å². The fourth-order valence-electron chi connectivity index (χ4n) is 6.63. The van der Waals surface area contributed by atoms with Crippen molar-refractivity contribution in [3.63, 3.8) is 0 Å². The molecule has 56 heavy (non-hydrogen) atoms. The predicted octanol–water partition coefficient (Wildman–Crippen LogP) is 5.18. The topological polar surface area (TPSA) is 189 Å². The van der Waals surface area contributed by atoms with Gasteiger partial charge in [-0.3, -0.25) is 4.57 Å². The van der Waals surface area contributed by atoms with Gasteiger partial charge in [0.1, 0.15) is 58.9 Å². The summed E-state index contributed by atoms with van der Waals surface area (Å²) in [5.41, 5.74) is 8.28. The van der Waals surface area contributed by atoms with E-state index in [0.29, 0.717) is 34.2 Å². The maximum atomic E-state index is 13.4. The summed E-state index contributed by atoms with van der Waals surface area (Å²) in [4.78, 5) is 37.1. The van der Waals surface area contributed by atoms with Gasteiger partial charge in [0.2, 0.25) is 0 Å². The third kappa shape index (κ3) is 8.04. The number of aliphatic carboxylic acids is 1. The van der Waals surface area contributed by atoms with Crippen LogP contribution in [0.15, 0.2) is 116 Å². The number of imidazole rings is 1. The Bertz CT molecular complexity index is 2200. The van der Waals surface area contributed by atoms with E-state index in [0.717, 1.165) is 16.7 Å². The number of nitrogens with zero attached hydrogens (tertiary/aromatic N) is 4. The SMILES string of the molecule is COc1ccc(C(OC[C@H]2O[C@@H](n3cnc4c(N)ncnc43)C[C@@H]2OC(=O)COc2ccc(OCC(=O)O)cc2)(c2ccccc2)c2ccc(OC)cc2)cc1. The minimum Gasteiger partial charge on any atom is -0.497 e. The smallest absolute Gasteiger partial charge is 0.344 e. The van der Waals surface area contributed by atoms with Crippen molar-refractivity contribution in [2.45, 2.75) is 30.5 Å². The predicted molar refractivity (Wildman–Crippen MR) is 201 cm³/mol. The number of rotatable bonds is 16. The van der Waals surface area contributed by atoms with Crippen LogP contribution in [0, 0.1) is 0 Å². The van der Waals surface area contributed by atoms with Gasteiger partial charge in [0.05, 0.1) is 27.2 Å². The van der Waals surface area contributed by atoms with Crippen LogP contribution in [0.3, 0.4) is 0 Å². The van der Waals surface area contributed by atoms with Crippen molar-refractivity contribution in [2.75, 3.05) is 39.8 Å². The monoisotopic (exact) mass is 761 g/mol. The maximum Gasteiger partial charge on any atom is 0.344 e. The van der Waals surface area contributed by atoms with Crippen LogP contribution in [0.25, 0.3) is 11.2 Å². The number of aromatic nitrogens is 4. The van der Waals surface area contributed by atoms with Crippen LogP contribution in [0.1, 0.15) is 29.3 Å². The number of esters is 1. The Morgan fingerprint density at radius 1 is 0.786 bits per heavy atom. The molecule has 0 bridgehead atoms. The van der Waals surface area contributed by atoms with E-state index < -0.39 is 49.2 Å². The van der Waals surface area contributed by atoms with Gasteiger partial charge in [-0.2, -0.15) is 0 Å². The van der Waals surface area contributed by atoms with Gasteiger partial charge < -0.3 is 44.0 Å². The number of carboxylic acids is 1. The summed E-state index contributed by atoms with van der Waals surface area (Å²) in [5, 5.41) is 8.86. The number of carbonyl (C=O) groups excluding carboxylic acids is 1. The van der Waals surface area contributed by atoms with Crippen molar-refractivity contribution < 1.29 is 47.9 Å². The molecule has 0 unspecified atom stereocenters. The van der Waals surface area contributed by atoms with Gasteiger partial charge in [-0.05, 0) is 65.2 Å². The number of benzene rings is 4. The van der Waals surface area contributed by atoms with Crippen LogP contribution in [0.5, 0.6) is 23.0 Å². The Morgan fingerprint density at radius 3 is 1.95 bits per heavy atom. The Labute approximate surface area is 321 Å². The lowest BCUT2D eigenvalue weighted by Gasteiger charge is -2.37. The minimum atomic E-state index is -1.16. The highest BCUT2D eigenvalue weighted by atomic mass is 16.6. The molecule has 1 saturated heterocycles. The number of carbonyl (C=O) groups is 2. The first-order valence-corrected chi connectivity index (χ1v) is 17.6. The summed E-state index contributed by atoms with van der Waals surface area (Å²) in [6, 6.07) is 31.4. The third-order valence-electron chi connectivity index (χ3n) is 9.34. The van der Waals surface area contributed by atoms with Crippen molar-refractivity contribution in [2.24, 2.45) is 0 Å². The zero-order chi connectivity index (χ0) is 39.1. The number of hydrogen-bond donors (Lipinski definition) is 2. The number of ether oxygens (including phenoxy) is 7. The second kappa shape index (κ2) is 16.8. The zero-order valence-electron chi connectivity index (χ0n) is 30.5. The molecule has 7 rings (SSSR count). The molecule has 0 amide bonds. The van der Waals surface area contributed by atoms with Gasteiger partial charge in [-0.15, -0.1) is 0 Å². The lowest BCUT2D eigenvalue weighted by molar-refractivity contribution is -0.158. The number of hydrogen-bond acceptors (Lipinski definition) is 13.